The molecule has 0 fully saturated rings. The topological polar surface area (TPSA) is 63.6 Å². The minimum atomic E-state index is -1.12. The first-order valence-corrected chi connectivity index (χ1v) is 11.6. The average molecular weight is 449 g/mol. The summed E-state index contributed by atoms with van der Waals surface area (Å²) in [6.45, 7) is 2.14. The van der Waals surface area contributed by atoms with Crippen molar-refractivity contribution in [3.05, 3.63) is 103 Å². The summed E-state index contributed by atoms with van der Waals surface area (Å²) in [5, 5.41) is 9.10. The third-order valence-electron chi connectivity index (χ3n) is 4.45. The number of carbonyl (C=O) groups is 2. The SMILES string of the molecule is CC/C=C/C/C=C/C/C=C/C/C=C/C/C=C/C/C=C/CCC(=O)Oc1ccccc1C(=O)O. The Labute approximate surface area is 198 Å². The normalized spacial score (nSPS) is 12.4. The largest absolute Gasteiger partial charge is 0.478 e. The third-order valence-corrected chi connectivity index (χ3v) is 4.45. The number of benzene rings is 1. The molecule has 1 N–H and O–H groups in total. The second-order valence-corrected chi connectivity index (χ2v) is 7.23. The molecular weight excluding hydrogens is 412 g/mol. The van der Waals surface area contributed by atoms with Gasteiger partial charge in [0, 0.05) is 6.42 Å². The first-order chi connectivity index (χ1) is 16.1. The van der Waals surface area contributed by atoms with E-state index >= 15 is 0 Å². The Morgan fingerprint density at radius 1 is 0.727 bits per heavy atom. The van der Waals surface area contributed by atoms with Gasteiger partial charge in [-0.05, 0) is 57.1 Å². The number of para-hydroxylation sites is 1. The first-order valence-electron chi connectivity index (χ1n) is 11.6. The molecule has 0 aliphatic heterocycles. The lowest BCUT2D eigenvalue weighted by atomic mass is 10.2. The van der Waals surface area contributed by atoms with Crippen LogP contribution in [0.1, 0.15) is 68.6 Å². The lowest BCUT2D eigenvalue weighted by molar-refractivity contribution is -0.134. The molecule has 0 bridgehead atoms. The van der Waals surface area contributed by atoms with Crippen molar-refractivity contribution in [2.75, 3.05) is 0 Å². The van der Waals surface area contributed by atoms with Gasteiger partial charge in [0.2, 0.25) is 0 Å². The van der Waals surface area contributed by atoms with Gasteiger partial charge in [-0.2, -0.15) is 0 Å². The summed E-state index contributed by atoms with van der Waals surface area (Å²) in [4.78, 5) is 23.0. The molecule has 33 heavy (non-hydrogen) atoms. The van der Waals surface area contributed by atoms with Gasteiger partial charge in [-0.1, -0.05) is 92.0 Å². The Bertz CT molecular complexity index is 869. The van der Waals surface area contributed by atoms with Crippen molar-refractivity contribution >= 4 is 11.9 Å². The zero-order chi connectivity index (χ0) is 24.0. The number of esters is 1. The molecule has 0 saturated heterocycles. The quantitative estimate of drug-likeness (QED) is 0.159. The zero-order valence-electron chi connectivity index (χ0n) is 19.6. The van der Waals surface area contributed by atoms with Crippen LogP contribution in [0.3, 0.4) is 0 Å². The summed E-state index contributed by atoms with van der Waals surface area (Å²) < 4.78 is 5.16. The number of carboxylic acids is 1. The van der Waals surface area contributed by atoms with E-state index in [1.807, 2.05) is 12.2 Å². The summed E-state index contributed by atoms with van der Waals surface area (Å²) in [6.07, 6.45) is 32.1. The predicted molar refractivity (Wildman–Crippen MR) is 136 cm³/mol. The van der Waals surface area contributed by atoms with E-state index in [0.29, 0.717) is 6.42 Å². The second kappa shape index (κ2) is 19.3. The molecule has 4 heteroatoms. The van der Waals surface area contributed by atoms with Gasteiger partial charge in [-0.25, -0.2) is 4.79 Å². The van der Waals surface area contributed by atoms with Crippen LogP contribution in [0, 0.1) is 0 Å². The lowest BCUT2D eigenvalue weighted by Crippen LogP contribution is -2.10. The molecule has 0 aliphatic rings. The molecule has 0 heterocycles. The molecule has 0 atom stereocenters. The van der Waals surface area contributed by atoms with Crippen LogP contribution < -0.4 is 4.74 Å². The molecule has 0 saturated carbocycles. The van der Waals surface area contributed by atoms with Crippen LogP contribution in [0.2, 0.25) is 0 Å². The number of ether oxygens (including phenoxy) is 1. The maximum absolute atomic E-state index is 11.9. The molecule has 1 aromatic carbocycles. The van der Waals surface area contributed by atoms with Crippen LogP contribution in [0.4, 0.5) is 0 Å². The summed E-state index contributed by atoms with van der Waals surface area (Å²) in [7, 11) is 0. The van der Waals surface area contributed by atoms with Gasteiger partial charge in [0.1, 0.15) is 11.3 Å². The fourth-order valence-electron chi connectivity index (χ4n) is 2.75. The Morgan fingerprint density at radius 3 is 1.67 bits per heavy atom. The van der Waals surface area contributed by atoms with E-state index in [2.05, 4.69) is 67.7 Å². The molecule has 0 spiro atoms. The van der Waals surface area contributed by atoms with Crippen molar-refractivity contribution in [3.8, 4) is 5.75 Å². The van der Waals surface area contributed by atoms with Crippen molar-refractivity contribution < 1.29 is 19.4 Å². The summed E-state index contributed by atoms with van der Waals surface area (Å²) in [5.74, 6) is -1.48. The van der Waals surface area contributed by atoms with Gasteiger partial charge in [-0.3, -0.25) is 4.79 Å². The Morgan fingerprint density at radius 2 is 1.18 bits per heavy atom. The minimum Gasteiger partial charge on any atom is -0.478 e. The summed E-state index contributed by atoms with van der Waals surface area (Å²) in [5.41, 5.74) is -0.0141. The average Bonchev–Trinajstić information content (AvgIpc) is 2.80. The predicted octanol–water partition coefficient (Wildman–Crippen LogP) is 7.77. The van der Waals surface area contributed by atoms with E-state index in [-0.39, 0.29) is 17.7 Å². The molecule has 0 aliphatic carbocycles. The van der Waals surface area contributed by atoms with E-state index < -0.39 is 11.9 Å². The van der Waals surface area contributed by atoms with Gasteiger partial charge >= 0.3 is 11.9 Å². The van der Waals surface area contributed by atoms with Crippen LogP contribution in [-0.4, -0.2) is 17.0 Å². The Balaban J connectivity index is 2.09. The lowest BCUT2D eigenvalue weighted by Gasteiger charge is -2.06. The maximum Gasteiger partial charge on any atom is 0.339 e. The number of carboxylic acid groups (broad SMARTS) is 1. The molecule has 0 radical (unpaired) electrons. The number of carbonyl (C=O) groups excluding carboxylic acids is 1. The van der Waals surface area contributed by atoms with Crippen LogP contribution in [-0.2, 0) is 4.79 Å². The highest BCUT2D eigenvalue weighted by Crippen LogP contribution is 2.18. The molecule has 0 unspecified atom stereocenters. The monoisotopic (exact) mass is 448 g/mol. The van der Waals surface area contributed by atoms with E-state index in [9.17, 15) is 9.59 Å². The molecular formula is C29H36O4. The maximum atomic E-state index is 11.9. The summed E-state index contributed by atoms with van der Waals surface area (Å²) >= 11 is 0. The highest BCUT2D eigenvalue weighted by atomic mass is 16.5. The van der Waals surface area contributed by atoms with E-state index in [0.717, 1.165) is 38.5 Å². The Hall–Kier alpha value is -3.40. The van der Waals surface area contributed by atoms with Gasteiger partial charge in [0.25, 0.3) is 0 Å². The zero-order valence-corrected chi connectivity index (χ0v) is 19.6. The van der Waals surface area contributed by atoms with Gasteiger partial charge < -0.3 is 9.84 Å². The summed E-state index contributed by atoms with van der Waals surface area (Å²) in [6, 6.07) is 6.13. The van der Waals surface area contributed by atoms with Crippen LogP contribution in [0.5, 0.6) is 5.75 Å². The van der Waals surface area contributed by atoms with Crippen molar-refractivity contribution in [2.24, 2.45) is 0 Å². The molecule has 0 amide bonds. The van der Waals surface area contributed by atoms with Crippen molar-refractivity contribution in [1.82, 2.24) is 0 Å². The minimum absolute atomic E-state index is 0.0141. The molecule has 1 rings (SSSR count). The first kappa shape index (κ1) is 27.6. The van der Waals surface area contributed by atoms with Gasteiger partial charge in [0.15, 0.2) is 0 Å². The fraction of sp³-hybridized carbons (Fsp3) is 0.310. The number of aromatic carboxylic acids is 1. The smallest absolute Gasteiger partial charge is 0.339 e. The van der Waals surface area contributed by atoms with E-state index in [4.69, 9.17) is 9.84 Å². The molecule has 0 aromatic heterocycles. The molecule has 1 aromatic rings. The van der Waals surface area contributed by atoms with Crippen molar-refractivity contribution in [1.29, 1.82) is 0 Å². The van der Waals surface area contributed by atoms with Crippen LogP contribution in [0.25, 0.3) is 0 Å². The van der Waals surface area contributed by atoms with Gasteiger partial charge in [-0.15, -0.1) is 0 Å². The van der Waals surface area contributed by atoms with Crippen LogP contribution >= 0.6 is 0 Å². The van der Waals surface area contributed by atoms with E-state index in [1.54, 1.807) is 12.1 Å². The second-order valence-electron chi connectivity index (χ2n) is 7.23. The number of allylic oxidation sites excluding steroid dienone is 12. The van der Waals surface area contributed by atoms with Gasteiger partial charge in [0.05, 0.1) is 0 Å². The highest BCUT2D eigenvalue weighted by Gasteiger charge is 2.13. The number of hydrogen-bond acceptors (Lipinski definition) is 3. The number of rotatable bonds is 16. The van der Waals surface area contributed by atoms with Crippen LogP contribution in [0.15, 0.2) is 97.2 Å². The van der Waals surface area contributed by atoms with Crippen molar-refractivity contribution in [3.63, 3.8) is 0 Å². The third kappa shape index (κ3) is 15.1. The standard InChI is InChI=1S/C29H36O4/c1-2-3-4-5-6-7-8-9-10-11-12-13-14-15-16-17-18-19-20-25-28(30)33-27-24-22-21-23-26(27)29(31)32/h3-4,6-7,9-10,12-13,15-16,18-19,21-24H,2,5,8,11,14,17,20,25H2,1H3,(H,31,32)/b4-3+,7-6+,10-9+,13-12+,16-15+,19-18+. The number of hydrogen-bond donors (Lipinski definition) is 1. The molecule has 4 nitrogen and oxygen atoms in total. The van der Waals surface area contributed by atoms with E-state index in [1.165, 1.54) is 12.1 Å². The van der Waals surface area contributed by atoms with Crippen molar-refractivity contribution in [2.45, 2.75) is 58.3 Å². The Kier molecular flexibility index (Phi) is 16.2. The molecule has 176 valence electrons. The highest BCUT2D eigenvalue weighted by molar-refractivity contribution is 5.91. The fourth-order valence-corrected chi connectivity index (χ4v) is 2.75.